The number of thioether (sulfide) groups is 1. The molecule has 0 saturated carbocycles. The predicted molar refractivity (Wildman–Crippen MR) is 78.2 cm³/mol. The van der Waals surface area contributed by atoms with Crippen LogP contribution in [0.1, 0.15) is 45.1 Å². The zero-order valence-corrected chi connectivity index (χ0v) is 12.4. The van der Waals surface area contributed by atoms with Crippen molar-refractivity contribution in [2.24, 2.45) is 5.41 Å². The molecular weight excluding hydrogens is 248 g/mol. The van der Waals surface area contributed by atoms with Gasteiger partial charge in [0.1, 0.15) is 0 Å². The normalized spacial score (nSPS) is 21.3. The zero-order chi connectivity index (χ0) is 12.5. The molecule has 0 aliphatic carbocycles. The second kappa shape index (κ2) is 5.24. The minimum absolute atomic E-state index is 0.272. The van der Waals surface area contributed by atoms with Crippen molar-refractivity contribution in [2.45, 2.75) is 49.8 Å². The molecule has 0 N–H and O–H groups in total. The Hall–Kier alpha value is -0.140. The lowest BCUT2D eigenvalue weighted by Gasteiger charge is -2.29. The Morgan fingerprint density at radius 2 is 2.12 bits per heavy atom. The van der Waals surface area contributed by atoms with Crippen molar-refractivity contribution in [1.29, 1.82) is 0 Å². The lowest BCUT2D eigenvalue weighted by atomic mass is 9.78. The minimum atomic E-state index is 0.272. The molecule has 0 saturated heterocycles. The summed E-state index contributed by atoms with van der Waals surface area (Å²) in [5.41, 5.74) is 1.89. The van der Waals surface area contributed by atoms with Crippen LogP contribution < -0.4 is 0 Å². The van der Waals surface area contributed by atoms with Gasteiger partial charge in [0.2, 0.25) is 0 Å². The summed E-state index contributed by atoms with van der Waals surface area (Å²) in [6, 6.07) is 8.84. The molecule has 2 atom stereocenters. The molecule has 0 aromatic heterocycles. The Bertz CT molecular complexity index is 384. The first-order valence-electron chi connectivity index (χ1n) is 6.34. The molecule has 1 aliphatic heterocycles. The number of alkyl halides is 1. The molecule has 0 bridgehead atoms. The van der Waals surface area contributed by atoms with Crippen LogP contribution in [0.3, 0.4) is 0 Å². The Balaban J connectivity index is 2.06. The van der Waals surface area contributed by atoms with Crippen LogP contribution in [0, 0.1) is 5.41 Å². The number of benzene rings is 1. The van der Waals surface area contributed by atoms with E-state index in [1.807, 2.05) is 11.8 Å². The molecule has 1 aromatic rings. The number of rotatable bonds is 4. The van der Waals surface area contributed by atoms with Crippen LogP contribution in [0.25, 0.3) is 0 Å². The van der Waals surface area contributed by atoms with Gasteiger partial charge in [-0.15, -0.1) is 23.4 Å². The van der Waals surface area contributed by atoms with Gasteiger partial charge in [0, 0.05) is 16.0 Å². The third kappa shape index (κ3) is 3.42. The van der Waals surface area contributed by atoms with Crippen molar-refractivity contribution >= 4 is 23.4 Å². The fourth-order valence-corrected chi connectivity index (χ4v) is 4.58. The van der Waals surface area contributed by atoms with Gasteiger partial charge >= 0.3 is 0 Å². The molecule has 0 amide bonds. The van der Waals surface area contributed by atoms with E-state index in [0.717, 1.165) is 6.42 Å². The first-order valence-corrected chi connectivity index (χ1v) is 7.76. The predicted octanol–water partition coefficient (Wildman–Crippen LogP) is 5.31. The number of hydrogen-bond acceptors (Lipinski definition) is 1. The highest BCUT2D eigenvalue weighted by molar-refractivity contribution is 7.99. The van der Waals surface area contributed by atoms with E-state index in [4.69, 9.17) is 11.6 Å². The summed E-state index contributed by atoms with van der Waals surface area (Å²) in [7, 11) is 0. The molecule has 0 radical (unpaired) electrons. The lowest BCUT2D eigenvalue weighted by molar-refractivity contribution is 0.288. The van der Waals surface area contributed by atoms with Gasteiger partial charge in [-0.2, -0.15) is 0 Å². The van der Waals surface area contributed by atoms with E-state index in [9.17, 15) is 0 Å². The molecule has 17 heavy (non-hydrogen) atoms. The Morgan fingerprint density at radius 1 is 1.41 bits per heavy atom. The molecule has 2 unspecified atom stereocenters. The maximum atomic E-state index is 6.14. The van der Waals surface area contributed by atoms with Crippen LogP contribution in [0.2, 0.25) is 0 Å². The molecule has 0 spiro atoms. The summed E-state index contributed by atoms with van der Waals surface area (Å²) in [5.74, 6) is 1.95. The lowest BCUT2D eigenvalue weighted by Crippen LogP contribution is -2.19. The summed E-state index contributed by atoms with van der Waals surface area (Å²) < 4.78 is 0. The van der Waals surface area contributed by atoms with Crippen LogP contribution in [0.4, 0.5) is 0 Å². The van der Waals surface area contributed by atoms with Gasteiger partial charge in [-0.1, -0.05) is 32.0 Å². The average Bonchev–Trinajstić information content (AvgIpc) is 2.59. The van der Waals surface area contributed by atoms with E-state index in [1.165, 1.54) is 17.1 Å². The van der Waals surface area contributed by atoms with E-state index >= 15 is 0 Å². The van der Waals surface area contributed by atoms with Crippen molar-refractivity contribution in [1.82, 2.24) is 0 Å². The number of halogens is 1. The Morgan fingerprint density at radius 3 is 2.82 bits per heavy atom. The molecule has 2 rings (SSSR count). The van der Waals surface area contributed by atoms with Gasteiger partial charge in [-0.05, 0) is 42.7 Å². The standard InChI is InChI=1S/C15H21ClS/c1-11(16)8-15(2,3)9-12-10-17-14-7-5-4-6-13(12)14/h4-7,11-12H,8-10H2,1-3H3. The topological polar surface area (TPSA) is 0 Å². The molecule has 1 heterocycles. The van der Waals surface area contributed by atoms with E-state index < -0.39 is 0 Å². The number of hydrogen-bond donors (Lipinski definition) is 0. The summed E-state index contributed by atoms with van der Waals surface area (Å²) >= 11 is 8.15. The second-order valence-corrected chi connectivity index (χ2v) is 7.71. The van der Waals surface area contributed by atoms with Gasteiger partial charge < -0.3 is 0 Å². The van der Waals surface area contributed by atoms with E-state index in [1.54, 1.807) is 5.56 Å². The quantitative estimate of drug-likeness (QED) is 0.667. The van der Waals surface area contributed by atoms with Crippen LogP contribution >= 0.6 is 23.4 Å². The summed E-state index contributed by atoms with van der Waals surface area (Å²) in [6.45, 7) is 6.79. The van der Waals surface area contributed by atoms with Crippen molar-refractivity contribution in [3.63, 3.8) is 0 Å². The zero-order valence-electron chi connectivity index (χ0n) is 10.9. The number of fused-ring (bicyclic) bond motifs is 1. The fourth-order valence-electron chi connectivity index (χ4n) is 2.91. The summed E-state index contributed by atoms with van der Waals surface area (Å²) in [4.78, 5) is 1.48. The van der Waals surface area contributed by atoms with Crippen LogP contribution in [0.15, 0.2) is 29.2 Å². The molecule has 0 fully saturated rings. The van der Waals surface area contributed by atoms with Gasteiger partial charge in [0.05, 0.1) is 0 Å². The first kappa shape index (κ1) is 13.3. The molecule has 2 heteroatoms. The maximum absolute atomic E-state index is 6.14. The van der Waals surface area contributed by atoms with Crippen LogP contribution in [-0.2, 0) is 0 Å². The molecule has 0 nitrogen and oxygen atoms in total. The fraction of sp³-hybridized carbons (Fsp3) is 0.600. The second-order valence-electron chi connectivity index (χ2n) is 5.90. The third-order valence-corrected chi connectivity index (χ3v) is 4.84. The van der Waals surface area contributed by atoms with Gasteiger partial charge in [0.25, 0.3) is 0 Å². The molecular formula is C15H21ClS. The van der Waals surface area contributed by atoms with E-state index in [2.05, 4.69) is 45.0 Å². The Labute approximate surface area is 114 Å². The smallest absolute Gasteiger partial charge is 0.0312 e. The highest BCUT2D eigenvalue weighted by Gasteiger charge is 2.30. The largest absolute Gasteiger partial charge is 0.125 e. The SMILES string of the molecule is CC(Cl)CC(C)(C)CC1CSc2ccccc21. The van der Waals surface area contributed by atoms with Gasteiger partial charge in [-0.3, -0.25) is 0 Å². The molecule has 1 aliphatic rings. The van der Waals surface area contributed by atoms with E-state index in [0.29, 0.717) is 11.3 Å². The van der Waals surface area contributed by atoms with Crippen molar-refractivity contribution < 1.29 is 0 Å². The molecule has 94 valence electrons. The average molecular weight is 269 g/mol. The van der Waals surface area contributed by atoms with Crippen molar-refractivity contribution in [2.75, 3.05) is 5.75 Å². The highest BCUT2D eigenvalue weighted by atomic mass is 35.5. The van der Waals surface area contributed by atoms with Crippen molar-refractivity contribution in [3.8, 4) is 0 Å². The van der Waals surface area contributed by atoms with Gasteiger partial charge in [0.15, 0.2) is 0 Å². The maximum Gasteiger partial charge on any atom is 0.0312 e. The first-order chi connectivity index (χ1) is 7.98. The monoisotopic (exact) mass is 268 g/mol. The van der Waals surface area contributed by atoms with E-state index in [-0.39, 0.29) is 5.38 Å². The van der Waals surface area contributed by atoms with Crippen LogP contribution in [0.5, 0.6) is 0 Å². The Kier molecular flexibility index (Phi) is 4.10. The van der Waals surface area contributed by atoms with Gasteiger partial charge in [-0.25, -0.2) is 0 Å². The minimum Gasteiger partial charge on any atom is -0.125 e. The third-order valence-electron chi connectivity index (χ3n) is 3.43. The van der Waals surface area contributed by atoms with Crippen LogP contribution in [-0.4, -0.2) is 11.1 Å². The molecule has 1 aromatic carbocycles. The highest BCUT2D eigenvalue weighted by Crippen LogP contribution is 2.45. The van der Waals surface area contributed by atoms with Crippen molar-refractivity contribution in [3.05, 3.63) is 29.8 Å². The summed E-state index contributed by atoms with van der Waals surface area (Å²) in [5, 5.41) is 0.272. The summed E-state index contributed by atoms with van der Waals surface area (Å²) in [6.07, 6.45) is 2.34.